The summed E-state index contributed by atoms with van der Waals surface area (Å²) >= 11 is 0. The summed E-state index contributed by atoms with van der Waals surface area (Å²) in [5.41, 5.74) is 5.00. The minimum Gasteiger partial charge on any atom is -0.439 e. The molecule has 0 aliphatic carbocycles. The number of ether oxygens (including phenoxy) is 1. The number of aromatic nitrogens is 4. The molecule has 0 spiro atoms. The Bertz CT molecular complexity index is 1700. The van der Waals surface area contributed by atoms with Gasteiger partial charge in [0.1, 0.15) is 23.7 Å². The van der Waals surface area contributed by atoms with Crippen LogP contribution in [0, 0.1) is 20.8 Å². The Kier molecular flexibility index (Phi) is 5.68. The molecular formula is C27H26N6O4S. The number of hydrogen-bond acceptors (Lipinski definition) is 7. The van der Waals surface area contributed by atoms with Crippen LogP contribution in [0.25, 0.3) is 5.82 Å². The van der Waals surface area contributed by atoms with Gasteiger partial charge >= 0.3 is 0 Å². The number of rotatable bonds is 6. The van der Waals surface area contributed by atoms with E-state index in [9.17, 15) is 13.2 Å². The number of nitrogens with zero attached hydrogens (tertiary/aromatic N) is 5. The van der Waals surface area contributed by atoms with Crippen molar-refractivity contribution in [3.05, 3.63) is 77.1 Å². The van der Waals surface area contributed by atoms with E-state index >= 15 is 0 Å². The summed E-state index contributed by atoms with van der Waals surface area (Å²) in [5.74, 6) is 2.17. The van der Waals surface area contributed by atoms with Crippen molar-refractivity contribution in [2.75, 3.05) is 16.2 Å². The van der Waals surface area contributed by atoms with E-state index in [1.807, 2.05) is 18.4 Å². The molecule has 4 aromatic rings. The molecule has 1 amide bonds. The molecule has 2 aromatic heterocycles. The largest absolute Gasteiger partial charge is 0.439 e. The summed E-state index contributed by atoms with van der Waals surface area (Å²) in [6, 6.07) is 11.7. The minimum atomic E-state index is -3.81. The topological polar surface area (TPSA) is 119 Å². The van der Waals surface area contributed by atoms with Gasteiger partial charge in [0.2, 0.25) is 11.8 Å². The van der Waals surface area contributed by atoms with Gasteiger partial charge in [-0.05, 0) is 81.1 Å². The lowest BCUT2D eigenvalue weighted by molar-refractivity contribution is -0.118. The van der Waals surface area contributed by atoms with Gasteiger partial charge in [0.05, 0.1) is 16.3 Å². The van der Waals surface area contributed by atoms with E-state index in [4.69, 9.17) is 4.74 Å². The van der Waals surface area contributed by atoms with Crippen LogP contribution < -0.4 is 14.4 Å². The van der Waals surface area contributed by atoms with Crippen molar-refractivity contribution in [1.82, 2.24) is 19.5 Å². The molecule has 0 saturated carbocycles. The van der Waals surface area contributed by atoms with Gasteiger partial charge in [0.15, 0.2) is 0 Å². The lowest BCUT2D eigenvalue weighted by Crippen LogP contribution is -2.33. The van der Waals surface area contributed by atoms with Gasteiger partial charge in [0, 0.05) is 30.4 Å². The minimum absolute atomic E-state index is 0.104. The summed E-state index contributed by atoms with van der Waals surface area (Å²) in [4.78, 5) is 27.3. The van der Waals surface area contributed by atoms with Crippen molar-refractivity contribution >= 4 is 27.3 Å². The summed E-state index contributed by atoms with van der Waals surface area (Å²) in [6.45, 7) is 6.29. The molecule has 0 atom stereocenters. The van der Waals surface area contributed by atoms with Crippen molar-refractivity contribution in [3.63, 3.8) is 0 Å². The maximum Gasteiger partial charge on any atom is 0.261 e. The Balaban J connectivity index is 1.20. The second kappa shape index (κ2) is 8.95. The molecule has 6 rings (SSSR count). The average Bonchev–Trinajstić information content (AvgIpc) is 3.46. The number of hydrogen-bond donors (Lipinski definition) is 1. The predicted octanol–water partition coefficient (Wildman–Crippen LogP) is 4.02. The standard InChI is InChI=1S/C27H26N6O4S/c1-16-17(2)33(15-28-16)24-14-25(30-18(3)29-24)37-22-7-5-21(6-8-22)31-38(35,36)23-12-19-4-9-26(34)32-11-10-20(13-23)27(19)32/h5-8,12-15,31H,4,9-11H2,1-3H3. The van der Waals surface area contributed by atoms with Gasteiger partial charge in [-0.15, -0.1) is 0 Å². The van der Waals surface area contributed by atoms with Gasteiger partial charge in [-0.2, -0.15) is 4.98 Å². The van der Waals surface area contributed by atoms with Crippen LogP contribution in [0.1, 0.15) is 34.8 Å². The monoisotopic (exact) mass is 530 g/mol. The fraction of sp³-hybridized carbons (Fsp3) is 0.259. The fourth-order valence-corrected chi connectivity index (χ4v) is 6.10. The van der Waals surface area contributed by atoms with E-state index in [1.165, 1.54) is 0 Å². The SMILES string of the molecule is Cc1nc(Oc2ccc(NS(=O)(=O)c3cc4c5c(c3)CCN5C(=O)CC4)cc2)cc(-n2cnc(C)c2C)n1. The van der Waals surface area contributed by atoms with Crippen molar-refractivity contribution in [3.8, 4) is 17.4 Å². The zero-order chi connectivity index (χ0) is 26.6. The highest BCUT2D eigenvalue weighted by Crippen LogP contribution is 2.38. The Morgan fingerprint density at radius 3 is 2.39 bits per heavy atom. The Labute approximate surface area is 220 Å². The first-order valence-electron chi connectivity index (χ1n) is 12.3. The number of carbonyl (C=O) groups is 1. The van der Waals surface area contributed by atoms with Gasteiger partial charge < -0.3 is 9.64 Å². The first kappa shape index (κ1) is 24.1. The molecule has 2 aliphatic rings. The summed E-state index contributed by atoms with van der Waals surface area (Å²) in [5, 5.41) is 0. The number of carbonyl (C=O) groups excluding carboxylic acids is 1. The predicted molar refractivity (Wildman–Crippen MR) is 142 cm³/mol. The molecule has 0 radical (unpaired) electrons. The second-order valence-electron chi connectivity index (χ2n) is 9.51. The number of sulfonamides is 1. The number of anilines is 2. The van der Waals surface area contributed by atoms with Gasteiger partial charge in [-0.3, -0.25) is 14.1 Å². The zero-order valence-electron chi connectivity index (χ0n) is 21.2. The van der Waals surface area contributed by atoms with Crippen molar-refractivity contribution < 1.29 is 17.9 Å². The Hall–Kier alpha value is -4.25. The van der Waals surface area contributed by atoms with Crippen LogP contribution in [0.4, 0.5) is 11.4 Å². The molecule has 1 N–H and O–H groups in total. The third-order valence-corrected chi connectivity index (χ3v) is 8.32. The van der Waals surface area contributed by atoms with Crippen molar-refractivity contribution in [2.45, 2.75) is 44.9 Å². The second-order valence-corrected chi connectivity index (χ2v) is 11.2. The average molecular weight is 531 g/mol. The molecule has 194 valence electrons. The number of nitrogens with one attached hydrogen (secondary N) is 1. The number of amides is 1. The molecule has 0 fully saturated rings. The molecule has 2 aromatic carbocycles. The van der Waals surface area contributed by atoms with Crippen LogP contribution in [0.15, 0.2) is 53.7 Å². The molecule has 38 heavy (non-hydrogen) atoms. The molecule has 0 saturated heterocycles. The van der Waals surface area contributed by atoms with E-state index in [0.717, 1.165) is 28.2 Å². The van der Waals surface area contributed by atoms with Crippen molar-refractivity contribution in [1.29, 1.82) is 0 Å². The highest BCUT2D eigenvalue weighted by Gasteiger charge is 2.33. The van der Waals surface area contributed by atoms with Gasteiger partial charge in [-0.1, -0.05) is 0 Å². The maximum atomic E-state index is 13.2. The van der Waals surface area contributed by atoms with Crippen molar-refractivity contribution in [2.24, 2.45) is 0 Å². The van der Waals surface area contributed by atoms with Crippen LogP contribution >= 0.6 is 0 Å². The highest BCUT2D eigenvalue weighted by molar-refractivity contribution is 7.92. The third-order valence-electron chi connectivity index (χ3n) is 6.96. The first-order chi connectivity index (χ1) is 18.2. The van der Waals surface area contributed by atoms with Crippen LogP contribution in [0.2, 0.25) is 0 Å². The number of imidazole rings is 1. The van der Waals surface area contributed by atoms with Gasteiger partial charge in [0.25, 0.3) is 10.0 Å². The number of benzene rings is 2. The highest BCUT2D eigenvalue weighted by atomic mass is 32.2. The van der Waals surface area contributed by atoms with E-state index in [1.54, 1.807) is 60.6 Å². The molecule has 4 heterocycles. The van der Waals surface area contributed by atoms with Crippen LogP contribution in [0.5, 0.6) is 11.6 Å². The maximum absolute atomic E-state index is 13.2. The Morgan fingerprint density at radius 1 is 0.947 bits per heavy atom. The molecule has 0 bridgehead atoms. The Morgan fingerprint density at radius 2 is 1.68 bits per heavy atom. The smallest absolute Gasteiger partial charge is 0.261 e. The molecule has 11 heteroatoms. The lowest BCUT2D eigenvalue weighted by Gasteiger charge is -2.25. The lowest BCUT2D eigenvalue weighted by atomic mass is 10.00. The van der Waals surface area contributed by atoms with Gasteiger partial charge in [-0.25, -0.2) is 18.4 Å². The van der Waals surface area contributed by atoms with E-state index in [0.29, 0.717) is 54.8 Å². The quantitative estimate of drug-likeness (QED) is 0.400. The fourth-order valence-electron chi connectivity index (χ4n) is 4.94. The normalized spacial score (nSPS) is 14.5. The summed E-state index contributed by atoms with van der Waals surface area (Å²) < 4.78 is 36.9. The van der Waals surface area contributed by atoms with E-state index in [-0.39, 0.29) is 10.8 Å². The zero-order valence-corrected chi connectivity index (χ0v) is 22.0. The first-order valence-corrected chi connectivity index (χ1v) is 13.8. The summed E-state index contributed by atoms with van der Waals surface area (Å²) in [7, 11) is -3.81. The van der Waals surface area contributed by atoms with Crippen LogP contribution in [-0.4, -0.2) is 40.4 Å². The molecule has 0 unspecified atom stereocenters. The van der Waals surface area contributed by atoms with E-state index in [2.05, 4.69) is 19.7 Å². The number of aryl methyl sites for hydroxylation is 3. The molecule has 10 nitrogen and oxygen atoms in total. The molecular weight excluding hydrogens is 504 g/mol. The third kappa shape index (κ3) is 4.28. The van der Waals surface area contributed by atoms with Crippen LogP contribution in [-0.2, 0) is 27.7 Å². The van der Waals surface area contributed by atoms with E-state index < -0.39 is 10.0 Å². The van der Waals surface area contributed by atoms with Crippen LogP contribution in [0.3, 0.4) is 0 Å². The molecule has 2 aliphatic heterocycles. The summed E-state index contributed by atoms with van der Waals surface area (Å²) in [6.07, 6.45) is 3.33.